The molecule has 0 heterocycles. The summed E-state index contributed by atoms with van der Waals surface area (Å²) >= 11 is 0. The minimum absolute atomic E-state index is 0.0431. The third kappa shape index (κ3) is 3.18. The number of hydrogen-bond acceptors (Lipinski definition) is 3. The molecule has 0 aliphatic rings. The smallest absolute Gasteiger partial charge is 0.337 e. The lowest BCUT2D eigenvalue weighted by atomic mass is 10.0. The molecule has 1 unspecified atom stereocenters. The zero-order valence-electron chi connectivity index (χ0n) is 8.30. The van der Waals surface area contributed by atoms with Gasteiger partial charge in [0, 0.05) is 6.42 Å². The number of carbonyl (C=O) groups excluding carboxylic acids is 1. The first kappa shape index (κ1) is 11.4. The normalized spacial score (nSPS) is 12.1. The summed E-state index contributed by atoms with van der Waals surface area (Å²) in [7, 11) is 0. The molecule has 0 fully saturated rings. The molecule has 4 nitrogen and oxygen atoms in total. The number of benzene rings is 1. The van der Waals surface area contributed by atoms with Crippen LogP contribution in [0.2, 0.25) is 0 Å². The van der Waals surface area contributed by atoms with E-state index in [0.717, 1.165) is 5.56 Å². The highest BCUT2D eigenvalue weighted by atomic mass is 16.4. The van der Waals surface area contributed by atoms with Gasteiger partial charge < -0.3 is 10.2 Å². The van der Waals surface area contributed by atoms with Crippen molar-refractivity contribution in [3.63, 3.8) is 0 Å². The maximum Gasteiger partial charge on any atom is 0.337 e. The van der Waals surface area contributed by atoms with Crippen LogP contribution in [0.15, 0.2) is 24.3 Å². The van der Waals surface area contributed by atoms with Gasteiger partial charge in [-0.2, -0.15) is 0 Å². The quantitative estimate of drug-likeness (QED) is 0.772. The van der Waals surface area contributed by atoms with E-state index in [0.29, 0.717) is 12.0 Å². The lowest BCUT2D eigenvalue weighted by molar-refractivity contribution is -0.147. The summed E-state index contributed by atoms with van der Waals surface area (Å²) < 4.78 is 0. The molecule has 0 saturated carbocycles. The molecule has 1 aromatic carbocycles. The summed E-state index contributed by atoms with van der Waals surface area (Å²) in [6.07, 6.45) is -1.18. The van der Waals surface area contributed by atoms with Gasteiger partial charge in [0.05, 0.1) is 0 Å². The minimum atomic E-state index is -1.50. The lowest BCUT2D eigenvalue weighted by Gasteiger charge is -2.06. The van der Waals surface area contributed by atoms with Crippen LogP contribution in [0.5, 0.6) is 0 Å². The fourth-order valence-electron chi connectivity index (χ4n) is 1.25. The van der Waals surface area contributed by atoms with Gasteiger partial charge in [-0.3, -0.25) is 4.79 Å². The van der Waals surface area contributed by atoms with E-state index in [1.54, 1.807) is 12.1 Å². The van der Waals surface area contributed by atoms with Crippen LogP contribution in [0.4, 0.5) is 0 Å². The van der Waals surface area contributed by atoms with Gasteiger partial charge in [0.1, 0.15) is 5.78 Å². The van der Waals surface area contributed by atoms with Crippen LogP contribution in [0, 0.1) is 0 Å². The van der Waals surface area contributed by atoms with Gasteiger partial charge in [-0.1, -0.05) is 24.3 Å². The third-order valence-corrected chi connectivity index (χ3v) is 1.98. The number of hydrogen-bond donors (Lipinski definition) is 2. The summed E-state index contributed by atoms with van der Waals surface area (Å²) in [4.78, 5) is 21.3. The highest BCUT2D eigenvalue weighted by Crippen LogP contribution is 2.14. The van der Waals surface area contributed by atoms with E-state index in [1.807, 2.05) is 0 Å². The Morgan fingerprint density at radius 1 is 1.27 bits per heavy atom. The topological polar surface area (TPSA) is 74.6 Å². The molecule has 0 spiro atoms. The molecular formula is C11H12O4. The first-order valence-corrected chi connectivity index (χ1v) is 4.50. The van der Waals surface area contributed by atoms with Crippen molar-refractivity contribution in [2.45, 2.75) is 19.4 Å². The molecule has 0 saturated heterocycles. The Morgan fingerprint density at radius 2 is 1.80 bits per heavy atom. The second-order valence-electron chi connectivity index (χ2n) is 3.36. The van der Waals surface area contributed by atoms with Gasteiger partial charge in [0.15, 0.2) is 6.10 Å². The number of carboxylic acid groups (broad SMARTS) is 1. The molecule has 0 bridgehead atoms. The third-order valence-electron chi connectivity index (χ3n) is 1.98. The van der Waals surface area contributed by atoms with Crippen LogP contribution in [0.25, 0.3) is 0 Å². The molecule has 2 N–H and O–H groups in total. The Kier molecular flexibility index (Phi) is 3.57. The SMILES string of the molecule is CC(=O)Cc1ccc(C(O)C(=O)O)cc1. The average Bonchev–Trinajstić information content (AvgIpc) is 2.17. The first-order valence-electron chi connectivity index (χ1n) is 4.50. The zero-order valence-corrected chi connectivity index (χ0v) is 8.30. The van der Waals surface area contributed by atoms with Gasteiger partial charge in [0.25, 0.3) is 0 Å². The van der Waals surface area contributed by atoms with Gasteiger partial charge >= 0.3 is 5.97 Å². The van der Waals surface area contributed by atoms with Gasteiger partial charge in [-0.25, -0.2) is 4.79 Å². The van der Waals surface area contributed by atoms with Crippen LogP contribution in [-0.4, -0.2) is 22.0 Å². The molecule has 4 heteroatoms. The van der Waals surface area contributed by atoms with Crippen LogP contribution < -0.4 is 0 Å². The van der Waals surface area contributed by atoms with Crippen molar-refractivity contribution in [2.75, 3.05) is 0 Å². The van der Waals surface area contributed by atoms with Gasteiger partial charge in [-0.15, -0.1) is 0 Å². The van der Waals surface area contributed by atoms with Crippen molar-refractivity contribution in [3.05, 3.63) is 35.4 Å². The summed E-state index contributed by atoms with van der Waals surface area (Å²) in [6, 6.07) is 6.31. The summed E-state index contributed by atoms with van der Waals surface area (Å²) in [5.41, 5.74) is 1.12. The predicted molar refractivity (Wildman–Crippen MR) is 53.4 cm³/mol. The molecule has 0 amide bonds. The van der Waals surface area contributed by atoms with Crippen molar-refractivity contribution in [3.8, 4) is 0 Å². The number of carbonyl (C=O) groups is 2. The Labute approximate surface area is 87.2 Å². The van der Waals surface area contributed by atoms with E-state index in [1.165, 1.54) is 19.1 Å². The molecule has 1 atom stereocenters. The Bertz CT molecular complexity index is 367. The maximum atomic E-state index is 10.8. The summed E-state index contributed by atoms with van der Waals surface area (Å²) in [6.45, 7) is 1.49. The number of rotatable bonds is 4. The Hall–Kier alpha value is -1.68. The van der Waals surface area contributed by atoms with E-state index in [9.17, 15) is 14.7 Å². The summed E-state index contributed by atoms with van der Waals surface area (Å²) in [5, 5.41) is 17.8. The number of aliphatic hydroxyl groups is 1. The first-order chi connectivity index (χ1) is 7.00. The van der Waals surface area contributed by atoms with E-state index in [-0.39, 0.29) is 5.78 Å². The van der Waals surface area contributed by atoms with E-state index in [4.69, 9.17) is 5.11 Å². The predicted octanol–water partition coefficient (Wildman–Crippen LogP) is 0.936. The number of aliphatic hydroxyl groups excluding tert-OH is 1. The Morgan fingerprint density at radius 3 is 2.20 bits per heavy atom. The molecule has 80 valence electrons. The summed E-state index contributed by atoms with van der Waals surface area (Å²) in [5.74, 6) is -1.24. The van der Waals surface area contributed by atoms with Gasteiger partial charge in [-0.05, 0) is 18.1 Å². The maximum absolute atomic E-state index is 10.8. The molecule has 0 aliphatic heterocycles. The molecular weight excluding hydrogens is 196 g/mol. The Balaban J connectivity index is 2.80. The minimum Gasteiger partial charge on any atom is -0.479 e. The number of Topliss-reactive ketones (excluding diaryl/α,β-unsaturated/α-hetero) is 1. The molecule has 15 heavy (non-hydrogen) atoms. The van der Waals surface area contributed by atoms with E-state index < -0.39 is 12.1 Å². The van der Waals surface area contributed by atoms with Crippen LogP contribution >= 0.6 is 0 Å². The van der Waals surface area contributed by atoms with Crippen molar-refractivity contribution >= 4 is 11.8 Å². The molecule has 0 radical (unpaired) electrons. The molecule has 0 aromatic heterocycles. The fourth-order valence-corrected chi connectivity index (χ4v) is 1.25. The number of carboxylic acids is 1. The van der Waals surface area contributed by atoms with Crippen molar-refractivity contribution in [1.82, 2.24) is 0 Å². The second-order valence-corrected chi connectivity index (χ2v) is 3.36. The van der Waals surface area contributed by atoms with Crippen LogP contribution in [-0.2, 0) is 16.0 Å². The standard InChI is InChI=1S/C11H12O4/c1-7(12)6-8-2-4-9(5-3-8)10(13)11(14)15/h2-5,10,13H,6H2,1H3,(H,14,15). The highest BCUT2D eigenvalue weighted by molar-refractivity contribution is 5.78. The fraction of sp³-hybridized carbons (Fsp3) is 0.273. The van der Waals surface area contributed by atoms with Crippen LogP contribution in [0.1, 0.15) is 24.2 Å². The van der Waals surface area contributed by atoms with Crippen molar-refractivity contribution in [2.24, 2.45) is 0 Å². The van der Waals surface area contributed by atoms with Gasteiger partial charge in [0.2, 0.25) is 0 Å². The second kappa shape index (κ2) is 4.70. The van der Waals surface area contributed by atoms with Crippen LogP contribution in [0.3, 0.4) is 0 Å². The lowest BCUT2D eigenvalue weighted by Crippen LogP contribution is -2.10. The number of ketones is 1. The van der Waals surface area contributed by atoms with E-state index >= 15 is 0 Å². The largest absolute Gasteiger partial charge is 0.479 e. The molecule has 0 aliphatic carbocycles. The van der Waals surface area contributed by atoms with Crippen molar-refractivity contribution < 1.29 is 19.8 Å². The highest BCUT2D eigenvalue weighted by Gasteiger charge is 2.15. The molecule has 1 aromatic rings. The average molecular weight is 208 g/mol. The monoisotopic (exact) mass is 208 g/mol. The number of aliphatic carboxylic acids is 1. The molecule has 1 rings (SSSR count). The zero-order chi connectivity index (χ0) is 11.4. The van der Waals surface area contributed by atoms with Crippen molar-refractivity contribution in [1.29, 1.82) is 0 Å². The van der Waals surface area contributed by atoms with E-state index in [2.05, 4.69) is 0 Å².